The normalized spacial score (nSPS) is 25.4. The third-order valence-corrected chi connectivity index (χ3v) is 8.04. The lowest BCUT2D eigenvalue weighted by Crippen LogP contribution is -2.79. The number of β-lactam (4-membered cyclic amide) rings is 1. The van der Waals surface area contributed by atoms with Gasteiger partial charge in [0.05, 0.1) is 18.8 Å². The average Bonchev–Trinajstić information content (AvgIpc) is 3.63. The van der Waals surface area contributed by atoms with Gasteiger partial charge in [-0.1, -0.05) is 50.7 Å². The number of piperidine rings is 1. The van der Waals surface area contributed by atoms with Crippen LogP contribution in [0.2, 0.25) is 0 Å². The standard InChI is InChI=1S/C21H27BrCl3N3O6S/c1-12(29)26-21(35-19(32)33-2)16(13-6-7-13)28(18(21)31)15(17(30)34-11-20(23,24)25)14(10-22)27-8-4-3-5-9-27/h13,16H,3-11H2,1-2H3,(H,26,29). The first-order chi connectivity index (χ1) is 16.4. The quantitative estimate of drug-likeness (QED) is 0.141. The first-order valence-electron chi connectivity index (χ1n) is 11.1. The minimum absolute atomic E-state index is 0.0198. The Labute approximate surface area is 231 Å². The summed E-state index contributed by atoms with van der Waals surface area (Å²) in [6.07, 6.45) is 4.46. The number of methoxy groups -OCH3 is 1. The van der Waals surface area contributed by atoms with Crippen LogP contribution in [0.1, 0.15) is 39.0 Å². The number of hydrogen-bond acceptors (Lipinski definition) is 8. The first kappa shape index (κ1) is 28.7. The van der Waals surface area contributed by atoms with Crippen molar-refractivity contribution >= 4 is 85.6 Å². The van der Waals surface area contributed by atoms with Gasteiger partial charge in [0.15, 0.2) is 10.6 Å². The Balaban J connectivity index is 2.08. The maximum absolute atomic E-state index is 13.8. The molecule has 0 radical (unpaired) electrons. The average molecular weight is 636 g/mol. The maximum atomic E-state index is 13.8. The van der Waals surface area contributed by atoms with Crippen LogP contribution in [0.5, 0.6) is 0 Å². The molecule has 2 amide bonds. The van der Waals surface area contributed by atoms with Crippen molar-refractivity contribution in [2.75, 3.05) is 32.1 Å². The summed E-state index contributed by atoms with van der Waals surface area (Å²) in [7, 11) is 1.20. The van der Waals surface area contributed by atoms with Gasteiger partial charge in [-0.25, -0.2) is 9.59 Å². The number of esters is 1. The summed E-state index contributed by atoms with van der Waals surface area (Å²) in [5.74, 6) is -1.96. The second-order valence-corrected chi connectivity index (χ2v) is 12.9. The number of thioether (sulfide) groups is 1. The molecule has 2 unspecified atom stereocenters. The summed E-state index contributed by atoms with van der Waals surface area (Å²) in [6, 6.07) is -0.669. The minimum Gasteiger partial charge on any atom is -0.461 e. The number of likely N-dealkylation sites (tertiary alicyclic amines) is 2. The zero-order valence-corrected chi connectivity index (χ0v) is 24.0. The lowest BCUT2D eigenvalue weighted by atomic mass is 9.88. The zero-order valence-electron chi connectivity index (χ0n) is 19.3. The molecule has 9 nitrogen and oxygen atoms in total. The summed E-state index contributed by atoms with van der Waals surface area (Å²) >= 11 is 21.5. The highest BCUT2D eigenvalue weighted by molar-refractivity contribution is 9.09. The van der Waals surface area contributed by atoms with Gasteiger partial charge in [-0.2, -0.15) is 0 Å². The van der Waals surface area contributed by atoms with Crippen LogP contribution in [-0.4, -0.2) is 79.7 Å². The van der Waals surface area contributed by atoms with Gasteiger partial charge in [0.25, 0.3) is 5.91 Å². The smallest absolute Gasteiger partial charge is 0.369 e. The number of hydrogen-bond donors (Lipinski definition) is 1. The number of allylic oxidation sites excluding steroid dienone is 1. The minimum atomic E-state index is -1.84. The SMILES string of the molecule is COC(=O)SC1(NC(C)=O)C(=O)N(C(C(=O)OCC(Cl)(Cl)Cl)=C(CBr)N2CCCCC2)C1C1CC1. The molecule has 2 heterocycles. The second kappa shape index (κ2) is 11.7. The maximum Gasteiger partial charge on any atom is 0.369 e. The van der Waals surface area contributed by atoms with Crippen molar-refractivity contribution in [2.45, 2.75) is 53.7 Å². The van der Waals surface area contributed by atoms with Gasteiger partial charge in [0, 0.05) is 25.3 Å². The summed E-state index contributed by atoms with van der Waals surface area (Å²) in [4.78, 5) is 53.4. The lowest BCUT2D eigenvalue weighted by Gasteiger charge is -2.55. The highest BCUT2D eigenvalue weighted by Gasteiger charge is 2.69. The number of carbonyl (C=O) groups is 4. The summed E-state index contributed by atoms with van der Waals surface area (Å²) < 4.78 is 8.27. The molecule has 0 aromatic rings. The zero-order chi connectivity index (χ0) is 26.0. The van der Waals surface area contributed by atoms with E-state index in [0.29, 0.717) is 30.5 Å². The fourth-order valence-corrected chi connectivity index (χ4v) is 6.40. The van der Waals surface area contributed by atoms with E-state index in [1.807, 2.05) is 4.90 Å². The molecule has 1 aliphatic carbocycles. The summed E-state index contributed by atoms with van der Waals surface area (Å²) in [5, 5.41) is 2.21. The van der Waals surface area contributed by atoms with Gasteiger partial charge in [-0.3, -0.25) is 14.5 Å². The Bertz CT molecular complexity index is 907. The first-order valence-corrected chi connectivity index (χ1v) is 14.2. The van der Waals surface area contributed by atoms with Crippen molar-refractivity contribution in [1.29, 1.82) is 0 Å². The van der Waals surface area contributed by atoms with Crippen LogP contribution in [0.3, 0.4) is 0 Å². The molecule has 2 saturated heterocycles. The van der Waals surface area contributed by atoms with Gasteiger partial charge in [0.1, 0.15) is 6.61 Å². The molecular weight excluding hydrogens is 609 g/mol. The van der Waals surface area contributed by atoms with Crippen LogP contribution in [0, 0.1) is 5.92 Å². The predicted molar refractivity (Wildman–Crippen MR) is 137 cm³/mol. The van der Waals surface area contributed by atoms with E-state index in [2.05, 4.69) is 21.2 Å². The molecule has 2 atom stereocenters. The molecule has 196 valence electrons. The van der Waals surface area contributed by atoms with Crippen LogP contribution >= 0.6 is 62.5 Å². The molecule has 0 spiro atoms. The highest BCUT2D eigenvalue weighted by atomic mass is 79.9. The number of nitrogens with one attached hydrogen (secondary N) is 1. The van der Waals surface area contributed by atoms with Crippen molar-refractivity contribution in [3.05, 3.63) is 11.4 Å². The molecule has 0 bridgehead atoms. The number of ether oxygens (including phenoxy) is 2. The number of rotatable bonds is 8. The van der Waals surface area contributed by atoms with E-state index in [1.165, 1.54) is 18.9 Å². The molecule has 1 saturated carbocycles. The van der Waals surface area contributed by atoms with Gasteiger partial charge in [-0.15, -0.1) is 0 Å². The molecule has 0 aromatic heterocycles. The Morgan fingerprint density at radius 1 is 1.20 bits per heavy atom. The molecule has 1 N–H and O–H groups in total. The van der Waals surface area contributed by atoms with Gasteiger partial charge in [0.2, 0.25) is 9.70 Å². The third-order valence-electron chi connectivity index (χ3n) is 6.01. The third kappa shape index (κ3) is 6.52. The van der Waals surface area contributed by atoms with Crippen molar-refractivity contribution < 1.29 is 28.7 Å². The Hall–Kier alpha value is -0.880. The van der Waals surface area contributed by atoms with Gasteiger partial charge >= 0.3 is 11.3 Å². The van der Waals surface area contributed by atoms with E-state index >= 15 is 0 Å². The Morgan fingerprint density at radius 2 is 1.83 bits per heavy atom. The number of alkyl halides is 4. The fraction of sp³-hybridized carbons (Fsp3) is 0.714. The monoisotopic (exact) mass is 633 g/mol. The van der Waals surface area contributed by atoms with Gasteiger partial charge in [-0.05, 0) is 49.8 Å². The molecule has 3 rings (SSSR count). The number of nitrogens with zero attached hydrogens (tertiary/aromatic N) is 2. The molecule has 3 aliphatic rings. The fourth-order valence-electron chi connectivity index (χ4n) is 4.47. The Morgan fingerprint density at radius 3 is 2.31 bits per heavy atom. The van der Waals surface area contributed by atoms with Crippen molar-refractivity contribution in [3.63, 3.8) is 0 Å². The molecule has 3 fully saturated rings. The summed E-state index contributed by atoms with van der Waals surface area (Å²) in [5.41, 5.74) is 0.587. The lowest BCUT2D eigenvalue weighted by molar-refractivity contribution is -0.160. The van der Waals surface area contributed by atoms with E-state index in [-0.39, 0.29) is 16.9 Å². The van der Waals surface area contributed by atoms with Crippen molar-refractivity contribution in [1.82, 2.24) is 15.1 Å². The van der Waals surface area contributed by atoms with E-state index in [9.17, 15) is 19.2 Å². The van der Waals surface area contributed by atoms with Crippen LogP contribution < -0.4 is 5.32 Å². The molecule has 2 aliphatic heterocycles. The topological polar surface area (TPSA) is 105 Å². The van der Waals surface area contributed by atoms with E-state index in [0.717, 1.165) is 32.1 Å². The van der Waals surface area contributed by atoms with E-state index in [4.69, 9.17) is 44.3 Å². The van der Waals surface area contributed by atoms with Crippen LogP contribution in [-0.2, 0) is 23.9 Å². The molecule has 0 aromatic carbocycles. The van der Waals surface area contributed by atoms with Crippen molar-refractivity contribution in [2.24, 2.45) is 5.92 Å². The number of halogens is 4. The van der Waals surface area contributed by atoms with E-state index in [1.54, 1.807) is 0 Å². The van der Waals surface area contributed by atoms with Crippen molar-refractivity contribution in [3.8, 4) is 0 Å². The largest absolute Gasteiger partial charge is 0.461 e. The number of amides is 2. The molecular formula is C21H27BrCl3N3O6S. The molecule has 35 heavy (non-hydrogen) atoms. The summed E-state index contributed by atoms with van der Waals surface area (Å²) in [6.45, 7) is 2.15. The van der Waals surface area contributed by atoms with Crippen LogP contribution in [0.4, 0.5) is 4.79 Å². The Kier molecular flexibility index (Phi) is 9.56. The predicted octanol–water partition coefficient (Wildman–Crippen LogP) is 3.95. The van der Waals surface area contributed by atoms with E-state index < -0.39 is 44.4 Å². The second-order valence-electron chi connectivity index (χ2n) is 8.60. The van der Waals surface area contributed by atoms with Crippen LogP contribution in [0.25, 0.3) is 0 Å². The van der Waals surface area contributed by atoms with Crippen LogP contribution in [0.15, 0.2) is 11.4 Å². The highest BCUT2D eigenvalue weighted by Crippen LogP contribution is 2.53. The van der Waals surface area contributed by atoms with Gasteiger partial charge < -0.3 is 19.7 Å². The number of carbonyl (C=O) groups excluding carboxylic acids is 4. The molecule has 14 heteroatoms.